The average molecular weight is 314 g/mol. The Labute approximate surface area is 126 Å². The zero-order valence-corrected chi connectivity index (χ0v) is 13.3. The van der Waals surface area contributed by atoms with Crippen LogP contribution in [0.4, 0.5) is 0 Å². The molecule has 102 valence electrons. The lowest BCUT2D eigenvalue weighted by atomic mass is 10.1. The van der Waals surface area contributed by atoms with Crippen LogP contribution in [0.2, 0.25) is 4.34 Å². The highest BCUT2D eigenvalue weighted by molar-refractivity contribution is 7.18. The molecule has 1 unspecified atom stereocenters. The molecule has 0 aliphatic rings. The summed E-state index contributed by atoms with van der Waals surface area (Å²) < 4.78 is 0.664. The molecular weight excluding hydrogens is 298 g/mol. The van der Waals surface area contributed by atoms with Crippen molar-refractivity contribution in [2.75, 3.05) is 13.6 Å². The first kappa shape index (κ1) is 14.7. The van der Waals surface area contributed by atoms with Gasteiger partial charge in [0.15, 0.2) is 5.78 Å². The highest BCUT2D eigenvalue weighted by Gasteiger charge is 2.20. The third-order valence-corrected chi connectivity index (χ3v) is 5.33. The number of nitrogens with zero attached hydrogens (tertiary/aromatic N) is 1. The molecule has 19 heavy (non-hydrogen) atoms. The highest BCUT2D eigenvalue weighted by atomic mass is 35.5. The minimum absolute atomic E-state index is 0.116. The van der Waals surface area contributed by atoms with Gasteiger partial charge in [-0.05, 0) is 44.0 Å². The molecule has 2 aromatic heterocycles. The van der Waals surface area contributed by atoms with Gasteiger partial charge in [0, 0.05) is 11.4 Å². The second-order valence-electron chi connectivity index (χ2n) is 4.45. The van der Waals surface area contributed by atoms with Crippen LogP contribution in [-0.4, -0.2) is 30.3 Å². The van der Waals surface area contributed by atoms with Crippen molar-refractivity contribution in [1.29, 1.82) is 0 Å². The van der Waals surface area contributed by atoms with Crippen molar-refractivity contribution in [1.82, 2.24) is 4.90 Å². The van der Waals surface area contributed by atoms with Crippen molar-refractivity contribution in [3.8, 4) is 0 Å². The maximum absolute atomic E-state index is 12.3. The molecule has 5 heteroatoms. The van der Waals surface area contributed by atoms with Crippen molar-refractivity contribution in [3.05, 3.63) is 43.7 Å². The fraction of sp³-hybridized carbons (Fsp3) is 0.357. The molecule has 2 rings (SSSR count). The van der Waals surface area contributed by atoms with E-state index in [0.29, 0.717) is 4.34 Å². The van der Waals surface area contributed by atoms with Gasteiger partial charge in [-0.1, -0.05) is 17.7 Å². The van der Waals surface area contributed by atoms with Crippen molar-refractivity contribution >= 4 is 40.1 Å². The number of ketones is 1. The van der Waals surface area contributed by atoms with Gasteiger partial charge in [0.2, 0.25) is 0 Å². The summed E-state index contributed by atoms with van der Waals surface area (Å²) in [7, 11) is 1.99. The summed E-state index contributed by atoms with van der Waals surface area (Å²) in [5.74, 6) is 0.144. The molecule has 0 bridgehead atoms. The predicted octanol–water partition coefficient (Wildman–Crippen LogP) is 4.21. The molecule has 2 aromatic rings. The Morgan fingerprint density at radius 1 is 1.42 bits per heavy atom. The topological polar surface area (TPSA) is 20.3 Å². The Morgan fingerprint density at radius 3 is 2.79 bits per heavy atom. The smallest absolute Gasteiger partial charge is 0.189 e. The number of hydrogen-bond donors (Lipinski definition) is 0. The third kappa shape index (κ3) is 3.89. The Balaban J connectivity index is 1.91. The largest absolute Gasteiger partial charge is 0.296 e. The lowest BCUT2D eigenvalue weighted by Crippen LogP contribution is -2.36. The second kappa shape index (κ2) is 6.66. The number of rotatable bonds is 6. The Kier molecular flexibility index (Phi) is 5.16. The molecule has 0 fully saturated rings. The van der Waals surface area contributed by atoms with E-state index in [0.717, 1.165) is 17.8 Å². The molecule has 0 aliphatic carbocycles. The van der Waals surface area contributed by atoms with Gasteiger partial charge in [-0.2, -0.15) is 0 Å². The normalized spacial score (nSPS) is 12.8. The van der Waals surface area contributed by atoms with Crippen LogP contribution >= 0.6 is 34.3 Å². The molecule has 0 N–H and O–H groups in total. The molecule has 0 aliphatic heterocycles. The SMILES string of the molecule is CC(C(=O)c1ccc(Cl)s1)N(C)CCc1cccs1. The zero-order chi connectivity index (χ0) is 13.8. The van der Waals surface area contributed by atoms with Crippen LogP contribution < -0.4 is 0 Å². The van der Waals surface area contributed by atoms with E-state index in [9.17, 15) is 4.79 Å². The molecule has 0 radical (unpaired) electrons. The minimum Gasteiger partial charge on any atom is -0.296 e. The maximum atomic E-state index is 12.3. The van der Waals surface area contributed by atoms with Gasteiger partial charge in [-0.15, -0.1) is 22.7 Å². The van der Waals surface area contributed by atoms with Crippen LogP contribution in [0.1, 0.15) is 21.5 Å². The standard InChI is InChI=1S/C14H16ClNOS2/c1-10(14(17)12-5-6-13(15)19-12)16(2)8-7-11-4-3-9-18-11/h3-6,9-10H,7-8H2,1-2H3. The summed E-state index contributed by atoms with van der Waals surface area (Å²) in [5, 5.41) is 2.08. The number of likely N-dealkylation sites (N-methyl/N-ethyl adjacent to an activating group) is 1. The maximum Gasteiger partial charge on any atom is 0.189 e. The molecule has 0 amide bonds. The zero-order valence-electron chi connectivity index (χ0n) is 10.9. The van der Waals surface area contributed by atoms with Gasteiger partial charge in [0.1, 0.15) is 0 Å². The number of hydrogen-bond acceptors (Lipinski definition) is 4. The van der Waals surface area contributed by atoms with E-state index in [4.69, 9.17) is 11.6 Å². The van der Waals surface area contributed by atoms with E-state index in [2.05, 4.69) is 22.4 Å². The summed E-state index contributed by atoms with van der Waals surface area (Å²) in [6, 6.07) is 7.65. The van der Waals surface area contributed by atoms with Crippen molar-refractivity contribution in [3.63, 3.8) is 0 Å². The fourth-order valence-corrected chi connectivity index (χ4v) is 3.55. The van der Waals surface area contributed by atoms with Crippen LogP contribution in [0.15, 0.2) is 29.6 Å². The highest BCUT2D eigenvalue weighted by Crippen LogP contribution is 2.23. The number of halogens is 1. The van der Waals surface area contributed by atoms with Crippen LogP contribution in [0.25, 0.3) is 0 Å². The van der Waals surface area contributed by atoms with Gasteiger partial charge in [-0.25, -0.2) is 0 Å². The first-order valence-corrected chi connectivity index (χ1v) is 8.17. The average Bonchev–Trinajstić information content (AvgIpc) is 3.05. The quantitative estimate of drug-likeness (QED) is 0.745. The van der Waals surface area contributed by atoms with Gasteiger partial charge in [-0.3, -0.25) is 9.69 Å². The molecule has 2 nitrogen and oxygen atoms in total. The fourth-order valence-electron chi connectivity index (χ4n) is 1.79. The predicted molar refractivity (Wildman–Crippen MR) is 83.8 cm³/mol. The first-order valence-electron chi connectivity index (χ1n) is 6.10. The molecule has 0 aromatic carbocycles. The lowest BCUT2D eigenvalue weighted by Gasteiger charge is -2.22. The number of carbonyl (C=O) groups excluding carboxylic acids is 1. The number of thiophene rings is 2. The second-order valence-corrected chi connectivity index (χ2v) is 7.20. The first-order chi connectivity index (χ1) is 9.08. The van der Waals surface area contributed by atoms with Crippen molar-refractivity contribution in [2.45, 2.75) is 19.4 Å². The molecule has 1 atom stereocenters. The van der Waals surface area contributed by atoms with Gasteiger partial charge < -0.3 is 0 Å². The van der Waals surface area contributed by atoms with Gasteiger partial charge in [0.25, 0.3) is 0 Å². The van der Waals surface area contributed by atoms with Crippen LogP contribution in [0, 0.1) is 0 Å². The molecular formula is C14H16ClNOS2. The van der Waals surface area contributed by atoms with E-state index in [1.165, 1.54) is 16.2 Å². The van der Waals surface area contributed by atoms with Crippen LogP contribution in [0.3, 0.4) is 0 Å². The molecule has 0 saturated heterocycles. The lowest BCUT2D eigenvalue weighted by molar-refractivity contribution is 0.0874. The van der Waals surface area contributed by atoms with E-state index in [1.807, 2.05) is 14.0 Å². The van der Waals surface area contributed by atoms with E-state index in [-0.39, 0.29) is 11.8 Å². The number of carbonyl (C=O) groups is 1. The summed E-state index contributed by atoms with van der Waals surface area (Å²) in [5.41, 5.74) is 0. The summed E-state index contributed by atoms with van der Waals surface area (Å²) in [6.45, 7) is 2.83. The monoisotopic (exact) mass is 313 g/mol. The van der Waals surface area contributed by atoms with Crippen LogP contribution in [0.5, 0.6) is 0 Å². The van der Waals surface area contributed by atoms with Gasteiger partial charge >= 0.3 is 0 Å². The van der Waals surface area contributed by atoms with Gasteiger partial charge in [0.05, 0.1) is 15.3 Å². The molecule has 2 heterocycles. The summed E-state index contributed by atoms with van der Waals surface area (Å²) in [4.78, 5) is 16.5. The summed E-state index contributed by atoms with van der Waals surface area (Å²) >= 11 is 8.98. The van der Waals surface area contributed by atoms with E-state index in [1.54, 1.807) is 23.5 Å². The Morgan fingerprint density at radius 2 is 2.21 bits per heavy atom. The molecule has 0 spiro atoms. The third-order valence-electron chi connectivity index (χ3n) is 3.15. The summed E-state index contributed by atoms with van der Waals surface area (Å²) in [6.07, 6.45) is 0.983. The Bertz CT molecular complexity index is 535. The minimum atomic E-state index is -0.116. The Hall–Kier alpha value is -0.680. The van der Waals surface area contributed by atoms with Crippen LogP contribution in [-0.2, 0) is 6.42 Å². The van der Waals surface area contributed by atoms with E-state index < -0.39 is 0 Å². The van der Waals surface area contributed by atoms with E-state index >= 15 is 0 Å². The van der Waals surface area contributed by atoms with Crippen molar-refractivity contribution in [2.24, 2.45) is 0 Å². The molecule has 0 saturated carbocycles. The number of Topliss-reactive ketones (excluding diaryl/α,β-unsaturated/α-hetero) is 1. The van der Waals surface area contributed by atoms with Crippen molar-refractivity contribution < 1.29 is 4.79 Å².